The largest absolute Gasteiger partial charge is 0.407 e. The van der Waals surface area contributed by atoms with Crippen molar-refractivity contribution in [3.05, 3.63) is 36.3 Å². The zero-order valence-corrected chi connectivity index (χ0v) is 12.0. The summed E-state index contributed by atoms with van der Waals surface area (Å²) < 4.78 is 1.76. The number of aromatic nitrogens is 3. The molecule has 110 valence electrons. The van der Waals surface area contributed by atoms with Gasteiger partial charge >= 0.3 is 0 Å². The van der Waals surface area contributed by atoms with Gasteiger partial charge in [-0.1, -0.05) is 0 Å². The molecule has 0 bridgehead atoms. The number of nitrogens with one attached hydrogen (secondary N) is 1. The van der Waals surface area contributed by atoms with E-state index in [9.17, 15) is 0 Å². The lowest BCUT2D eigenvalue weighted by Gasteiger charge is -2.24. The van der Waals surface area contributed by atoms with Crippen LogP contribution in [0.5, 0.6) is 0 Å². The van der Waals surface area contributed by atoms with Crippen LogP contribution >= 0.6 is 0 Å². The quantitative estimate of drug-likeness (QED) is 0.777. The second-order valence-electron chi connectivity index (χ2n) is 5.44. The molecule has 6 heteroatoms. The molecule has 0 unspecified atom stereocenters. The van der Waals surface area contributed by atoms with Gasteiger partial charge in [0, 0.05) is 23.5 Å². The maximum Gasteiger partial charge on any atom is 0.176 e. The monoisotopic (exact) mass is 293 g/mol. The van der Waals surface area contributed by atoms with E-state index in [1.807, 2.05) is 12.1 Å². The molecule has 1 N–H and O–H groups in total. The van der Waals surface area contributed by atoms with E-state index in [1.165, 1.54) is 0 Å². The van der Waals surface area contributed by atoms with Gasteiger partial charge in [0.1, 0.15) is 23.4 Å². The first-order valence-corrected chi connectivity index (χ1v) is 7.40. The topological polar surface area (TPSA) is 75.8 Å². The van der Waals surface area contributed by atoms with Crippen molar-refractivity contribution in [1.29, 1.82) is 5.26 Å². The number of pyridine rings is 2. The first kappa shape index (κ1) is 13.0. The van der Waals surface area contributed by atoms with Gasteiger partial charge in [-0.2, -0.15) is 9.99 Å². The van der Waals surface area contributed by atoms with Crippen LogP contribution in [0.3, 0.4) is 0 Å². The molecule has 1 aliphatic heterocycles. The van der Waals surface area contributed by atoms with Crippen LogP contribution in [-0.2, 0) is 0 Å². The van der Waals surface area contributed by atoms with Gasteiger partial charge in [0.25, 0.3) is 0 Å². The van der Waals surface area contributed by atoms with E-state index >= 15 is 0 Å². The lowest BCUT2D eigenvalue weighted by molar-refractivity contribution is 0.0357. The molecule has 4 heterocycles. The molecule has 0 aromatic carbocycles. The molecule has 0 amide bonds. The highest BCUT2D eigenvalue weighted by atomic mass is 16.7. The molecule has 0 aliphatic carbocycles. The Morgan fingerprint density at radius 2 is 2.32 bits per heavy atom. The molecule has 0 spiro atoms. The molecule has 6 nitrogen and oxygen atoms in total. The Hall–Kier alpha value is -2.65. The Kier molecular flexibility index (Phi) is 3.13. The van der Waals surface area contributed by atoms with Gasteiger partial charge in [0.2, 0.25) is 0 Å². The summed E-state index contributed by atoms with van der Waals surface area (Å²) in [7, 11) is 0. The van der Waals surface area contributed by atoms with Crippen LogP contribution in [0.25, 0.3) is 21.9 Å². The highest BCUT2D eigenvalue weighted by Gasteiger charge is 2.19. The molecule has 1 atom stereocenters. The van der Waals surface area contributed by atoms with E-state index in [0.717, 1.165) is 47.9 Å². The Balaban J connectivity index is 1.89. The minimum Gasteiger partial charge on any atom is -0.407 e. The zero-order valence-electron chi connectivity index (χ0n) is 12.0. The standard InChI is InChI=1S/C16H15N5O/c17-8-11-7-14-13-4-2-6-19-16(13)21(15(14)10-20-11)22-12-3-1-5-18-9-12/h2,4,6-7,10,12,18H,1,3,5,9H2/t12-/m1/s1. The second-order valence-corrected chi connectivity index (χ2v) is 5.44. The highest BCUT2D eigenvalue weighted by Crippen LogP contribution is 2.27. The van der Waals surface area contributed by atoms with Crippen molar-refractivity contribution < 1.29 is 4.84 Å². The lowest BCUT2D eigenvalue weighted by atomic mass is 10.1. The van der Waals surface area contributed by atoms with E-state index in [4.69, 9.17) is 10.1 Å². The Morgan fingerprint density at radius 3 is 3.14 bits per heavy atom. The van der Waals surface area contributed by atoms with Crippen LogP contribution in [0.2, 0.25) is 0 Å². The Labute approximate surface area is 127 Å². The number of hydrogen-bond donors (Lipinski definition) is 1. The summed E-state index contributed by atoms with van der Waals surface area (Å²) in [5, 5.41) is 14.3. The number of nitrogens with zero attached hydrogens (tertiary/aromatic N) is 4. The molecule has 1 fully saturated rings. The minimum absolute atomic E-state index is 0.116. The smallest absolute Gasteiger partial charge is 0.176 e. The average Bonchev–Trinajstić information content (AvgIpc) is 2.89. The molecule has 1 saturated heterocycles. The Morgan fingerprint density at radius 1 is 1.36 bits per heavy atom. The van der Waals surface area contributed by atoms with Gasteiger partial charge in [0.15, 0.2) is 5.65 Å². The normalized spacial score (nSPS) is 18.4. The fourth-order valence-corrected chi connectivity index (χ4v) is 2.94. The van der Waals surface area contributed by atoms with Gasteiger partial charge in [-0.05, 0) is 37.6 Å². The maximum atomic E-state index is 9.06. The summed E-state index contributed by atoms with van der Waals surface area (Å²) in [5.41, 5.74) is 2.01. The van der Waals surface area contributed by atoms with Crippen molar-refractivity contribution in [2.75, 3.05) is 13.1 Å². The molecule has 1 aliphatic rings. The first-order valence-electron chi connectivity index (χ1n) is 7.40. The van der Waals surface area contributed by atoms with E-state index in [2.05, 4.69) is 21.4 Å². The third-order valence-electron chi connectivity index (χ3n) is 3.99. The molecule has 4 rings (SSSR count). The highest BCUT2D eigenvalue weighted by molar-refractivity contribution is 6.06. The van der Waals surface area contributed by atoms with E-state index < -0.39 is 0 Å². The maximum absolute atomic E-state index is 9.06. The van der Waals surface area contributed by atoms with Crippen LogP contribution < -0.4 is 10.2 Å². The fourth-order valence-electron chi connectivity index (χ4n) is 2.94. The van der Waals surface area contributed by atoms with Crippen LogP contribution in [0.1, 0.15) is 18.5 Å². The molecule has 22 heavy (non-hydrogen) atoms. The van der Waals surface area contributed by atoms with Gasteiger partial charge in [-0.15, -0.1) is 0 Å². The summed E-state index contributed by atoms with van der Waals surface area (Å²) in [6, 6.07) is 7.75. The second kappa shape index (κ2) is 5.28. The van der Waals surface area contributed by atoms with Crippen LogP contribution in [0.15, 0.2) is 30.6 Å². The number of piperidine rings is 1. The van der Waals surface area contributed by atoms with Crippen molar-refractivity contribution in [1.82, 2.24) is 20.0 Å². The van der Waals surface area contributed by atoms with Crippen LogP contribution in [0, 0.1) is 11.3 Å². The lowest BCUT2D eigenvalue weighted by Crippen LogP contribution is -2.40. The first-order chi connectivity index (χ1) is 10.9. The zero-order chi connectivity index (χ0) is 14.9. The van der Waals surface area contributed by atoms with E-state index in [-0.39, 0.29) is 6.10 Å². The van der Waals surface area contributed by atoms with Gasteiger partial charge in [-0.3, -0.25) is 0 Å². The van der Waals surface area contributed by atoms with Gasteiger partial charge < -0.3 is 10.2 Å². The van der Waals surface area contributed by atoms with E-state index in [0.29, 0.717) is 5.69 Å². The van der Waals surface area contributed by atoms with Gasteiger partial charge in [-0.25, -0.2) is 9.97 Å². The molecule has 0 saturated carbocycles. The SMILES string of the molecule is N#Cc1cc2c3cccnc3n(O[C@@H]3CCCNC3)c2cn1. The predicted octanol–water partition coefficient (Wildman–Crippen LogP) is 1.64. The van der Waals surface area contributed by atoms with Crippen molar-refractivity contribution in [3.8, 4) is 6.07 Å². The number of rotatable bonds is 2. The summed E-state index contributed by atoms with van der Waals surface area (Å²) in [4.78, 5) is 14.8. The molecule has 0 radical (unpaired) electrons. The third kappa shape index (κ3) is 2.07. The summed E-state index contributed by atoms with van der Waals surface area (Å²) in [5.74, 6) is 0. The minimum atomic E-state index is 0.116. The molecule has 3 aromatic heterocycles. The summed E-state index contributed by atoms with van der Waals surface area (Å²) in [6.45, 7) is 1.87. The summed E-state index contributed by atoms with van der Waals surface area (Å²) >= 11 is 0. The number of hydrogen-bond acceptors (Lipinski definition) is 5. The van der Waals surface area contributed by atoms with Crippen molar-refractivity contribution >= 4 is 21.9 Å². The van der Waals surface area contributed by atoms with Crippen molar-refractivity contribution in [2.24, 2.45) is 0 Å². The number of nitriles is 1. The third-order valence-corrected chi connectivity index (χ3v) is 3.99. The number of fused-ring (bicyclic) bond motifs is 3. The average molecular weight is 293 g/mol. The molecular weight excluding hydrogens is 278 g/mol. The van der Waals surface area contributed by atoms with E-state index in [1.54, 1.807) is 23.2 Å². The fraction of sp³-hybridized carbons (Fsp3) is 0.312. The van der Waals surface area contributed by atoms with Crippen LogP contribution in [-0.4, -0.2) is 33.9 Å². The molecule has 3 aromatic rings. The molecular formula is C16H15N5O. The van der Waals surface area contributed by atoms with Gasteiger partial charge in [0.05, 0.1) is 6.20 Å². The Bertz CT molecular complexity index is 873. The van der Waals surface area contributed by atoms with Crippen molar-refractivity contribution in [3.63, 3.8) is 0 Å². The summed E-state index contributed by atoms with van der Waals surface area (Å²) in [6.07, 6.45) is 5.67. The van der Waals surface area contributed by atoms with Crippen molar-refractivity contribution in [2.45, 2.75) is 18.9 Å². The van der Waals surface area contributed by atoms with Crippen LogP contribution in [0.4, 0.5) is 0 Å². The predicted molar refractivity (Wildman–Crippen MR) is 82.2 cm³/mol.